The molecule has 0 aromatic carbocycles. The second kappa shape index (κ2) is 6.05. The molecule has 88 valence electrons. The van der Waals surface area contributed by atoms with Crippen LogP contribution >= 0.6 is 0 Å². The van der Waals surface area contributed by atoms with E-state index in [-0.39, 0.29) is 11.8 Å². The maximum absolute atomic E-state index is 11.2. The Bertz CT molecular complexity index is 205. The van der Waals surface area contributed by atoms with Crippen molar-refractivity contribution >= 4 is 5.91 Å². The first-order chi connectivity index (χ1) is 7.13. The Balaban J connectivity index is 2.22. The molecule has 0 aliphatic carbocycles. The minimum Gasteiger partial charge on any atom is -0.377 e. The van der Waals surface area contributed by atoms with Crippen LogP contribution in [0.3, 0.4) is 0 Å². The van der Waals surface area contributed by atoms with E-state index in [0.717, 1.165) is 26.0 Å². The van der Waals surface area contributed by atoms with E-state index >= 15 is 0 Å². The average molecular weight is 215 g/mol. The maximum Gasteiger partial charge on any atom is 0.237 e. The Labute approximate surface area is 90.9 Å². The predicted molar refractivity (Wildman–Crippen MR) is 58.0 cm³/mol. The second-order valence-corrected chi connectivity index (χ2v) is 4.27. The number of carbonyl (C=O) groups is 1. The van der Waals surface area contributed by atoms with Gasteiger partial charge in [0.1, 0.15) is 0 Å². The van der Waals surface area contributed by atoms with Crippen molar-refractivity contribution in [1.29, 1.82) is 0 Å². The maximum atomic E-state index is 11.2. The predicted octanol–water partition coefficient (Wildman–Crippen LogP) is -0.277. The van der Waals surface area contributed by atoms with Gasteiger partial charge in [0, 0.05) is 25.6 Å². The average Bonchev–Trinajstić information content (AvgIpc) is 2.68. The summed E-state index contributed by atoms with van der Waals surface area (Å²) in [5.41, 5.74) is 2.17. The molecule has 2 unspecified atom stereocenters. The van der Waals surface area contributed by atoms with Gasteiger partial charge in [-0.3, -0.25) is 10.2 Å². The number of nitrogens with one attached hydrogen (secondary N) is 1. The molecule has 15 heavy (non-hydrogen) atoms. The molecule has 1 aliphatic rings. The number of hydrazine groups is 1. The highest BCUT2D eigenvalue weighted by Crippen LogP contribution is 2.13. The fourth-order valence-electron chi connectivity index (χ4n) is 1.90. The molecule has 0 aromatic rings. The standard InChI is InChI=1S/C10H21N3O2/c1-8(10(14)12-11)6-13(2)7-9-4-3-5-15-9/h8-9H,3-7,11H2,1-2H3,(H,12,14). The van der Waals surface area contributed by atoms with Gasteiger partial charge in [0.05, 0.1) is 6.10 Å². The third kappa shape index (κ3) is 4.15. The largest absolute Gasteiger partial charge is 0.377 e. The van der Waals surface area contributed by atoms with E-state index in [2.05, 4.69) is 10.3 Å². The smallest absolute Gasteiger partial charge is 0.237 e. The molecule has 0 saturated carbocycles. The molecule has 0 bridgehead atoms. The van der Waals surface area contributed by atoms with Crippen LogP contribution in [0.25, 0.3) is 0 Å². The molecule has 5 heteroatoms. The highest BCUT2D eigenvalue weighted by Gasteiger charge is 2.20. The molecule has 5 nitrogen and oxygen atoms in total. The molecular weight excluding hydrogens is 194 g/mol. The van der Waals surface area contributed by atoms with Gasteiger partial charge in [-0.15, -0.1) is 0 Å². The van der Waals surface area contributed by atoms with Gasteiger partial charge in [0.25, 0.3) is 0 Å². The Hall–Kier alpha value is -0.650. The van der Waals surface area contributed by atoms with Crippen LogP contribution in [0.5, 0.6) is 0 Å². The summed E-state index contributed by atoms with van der Waals surface area (Å²) in [6.45, 7) is 4.34. The summed E-state index contributed by atoms with van der Waals surface area (Å²) in [7, 11) is 2.00. The molecule has 1 saturated heterocycles. The lowest BCUT2D eigenvalue weighted by atomic mass is 10.1. The van der Waals surface area contributed by atoms with Gasteiger partial charge in [-0.2, -0.15) is 0 Å². The molecule has 1 rings (SSSR count). The number of amides is 1. The number of hydrogen-bond donors (Lipinski definition) is 2. The lowest BCUT2D eigenvalue weighted by Gasteiger charge is -2.22. The van der Waals surface area contributed by atoms with Gasteiger partial charge in [-0.1, -0.05) is 6.92 Å². The van der Waals surface area contributed by atoms with Crippen LogP contribution in [-0.4, -0.2) is 43.7 Å². The van der Waals surface area contributed by atoms with E-state index in [1.54, 1.807) is 0 Å². The van der Waals surface area contributed by atoms with Crippen LogP contribution in [0.1, 0.15) is 19.8 Å². The van der Waals surface area contributed by atoms with Crippen molar-refractivity contribution in [2.45, 2.75) is 25.9 Å². The molecule has 0 spiro atoms. The quantitative estimate of drug-likeness (QED) is 0.376. The molecular formula is C10H21N3O2. The molecule has 0 aromatic heterocycles. The Morgan fingerprint density at radius 3 is 3.00 bits per heavy atom. The van der Waals surface area contributed by atoms with Crippen molar-refractivity contribution in [3.8, 4) is 0 Å². The number of carbonyl (C=O) groups excluding carboxylic acids is 1. The number of likely N-dealkylation sites (N-methyl/N-ethyl adjacent to an activating group) is 1. The Morgan fingerprint density at radius 2 is 2.47 bits per heavy atom. The Kier molecular flexibility index (Phi) is 5.01. The van der Waals surface area contributed by atoms with Crippen molar-refractivity contribution in [3.63, 3.8) is 0 Å². The summed E-state index contributed by atoms with van der Waals surface area (Å²) in [5.74, 6) is 4.87. The summed E-state index contributed by atoms with van der Waals surface area (Å²) in [6, 6.07) is 0. The van der Waals surface area contributed by atoms with Crippen molar-refractivity contribution in [2.75, 3.05) is 26.7 Å². The lowest BCUT2D eigenvalue weighted by molar-refractivity contribution is -0.125. The van der Waals surface area contributed by atoms with Crippen LogP contribution in [0.4, 0.5) is 0 Å². The SMILES string of the molecule is CC(CN(C)CC1CCCO1)C(=O)NN. The minimum absolute atomic E-state index is 0.0820. The summed E-state index contributed by atoms with van der Waals surface area (Å²) in [5, 5.41) is 0. The van der Waals surface area contributed by atoms with Gasteiger partial charge in [-0.25, -0.2) is 5.84 Å². The normalized spacial score (nSPS) is 23.1. The monoisotopic (exact) mass is 215 g/mol. The molecule has 1 fully saturated rings. The van der Waals surface area contributed by atoms with E-state index in [4.69, 9.17) is 10.6 Å². The van der Waals surface area contributed by atoms with Crippen LogP contribution in [-0.2, 0) is 9.53 Å². The lowest BCUT2D eigenvalue weighted by Crippen LogP contribution is -2.41. The minimum atomic E-state index is -0.116. The zero-order chi connectivity index (χ0) is 11.3. The van der Waals surface area contributed by atoms with Gasteiger partial charge >= 0.3 is 0 Å². The molecule has 3 N–H and O–H groups in total. The molecule has 0 radical (unpaired) electrons. The first-order valence-corrected chi connectivity index (χ1v) is 5.44. The topological polar surface area (TPSA) is 67.6 Å². The van der Waals surface area contributed by atoms with E-state index in [0.29, 0.717) is 12.6 Å². The van der Waals surface area contributed by atoms with Gasteiger partial charge in [0.15, 0.2) is 0 Å². The number of nitrogens with two attached hydrogens (primary N) is 1. The fraction of sp³-hybridized carbons (Fsp3) is 0.900. The highest BCUT2D eigenvalue weighted by atomic mass is 16.5. The highest BCUT2D eigenvalue weighted by molar-refractivity contribution is 5.77. The third-order valence-electron chi connectivity index (χ3n) is 2.71. The van der Waals surface area contributed by atoms with Gasteiger partial charge in [0.2, 0.25) is 5.91 Å². The first kappa shape index (κ1) is 12.4. The zero-order valence-corrected chi connectivity index (χ0v) is 9.53. The zero-order valence-electron chi connectivity index (χ0n) is 9.53. The first-order valence-electron chi connectivity index (χ1n) is 5.44. The van der Waals surface area contributed by atoms with Crippen LogP contribution in [0, 0.1) is 5.92 Å². The van der Waals surface area contributed by atoms with Crippen molar-refractivity contribution < 1.29 is 9.53 Å². The van der Waals surface area contributed by atoms with Gasteiger partial charge < -0.3 is 9.64 Å². The summed E-state index contributed by atoms with van der Waals surface area (Å²) in [4.78, 5) is 13.3. The van der Waals surface area contributed by atoms with Crippen LogP contribution < -0.4 is 11.3 Å². The molecule has 1 amide bonds. The summed E-state index contributed by atoms with van der Waals surface area (Å²) >= 11 is 0. The molecule has 1 aliphatic heterocycles. The number of ether oxygens (including phenoxy) is 1. The van der Waals surface area contributed by atoms with E-state index in [1.165, 1.54) is 0 Å². The van der Waals surface area contributed by atoms with E-state index in [9.17, 15) is 4.79 Å². The third-order valence-corrected chi connectivity index (χ3v) is 2.71. The Morgan fingerprint density at radius 1 is 1.73 bits per heavy atom. The van der Waals surface area contributed by atoms with Crippen LogP contribution in [0.2, 0.25) is 0 Å². The van der Waals surface area contributed by atoms with Crippen LogP contribution in [0.15, 0.2) is 0 Å². The number of hydrogen-bond acceptors (Lipinski definition) is 4. The number of nitrogens with zero attached hydrogens (tertiary/aromatic N) is 1. The summed E-state index contributed by atoms with van der Waals surface area (Å²) < 4.78 is 5.53. The second-order valence-electron chi connectivity index (χ2n) is 4.27. The van der Waals surface area contributed by atoms with Crippen molar-refractivity contribution in [3.05, 3.63) is 0 Å². The fourth-order valence-corrected chi connectivity index (χ4v) is 1.90. The van der Waals surface area contributed by atoms with Gasteiger partial charge in [-0.05, 0) is 19.9 Å². The number of rotatable bonds is 5. The molecule has 2 atom stereocenters. The van der Waals surface area contributed by atoms with E-state index in [1.807, 2.05) is 14.0 Å². The molecule has 1 heterocycles. The van der Waals surface area contributed by atoms with Crippen molar-refractivity contribution in [2.24, 2.45) is 11.8 Å². The summed E-state index contributed by atoms with van der Waals surface area (Å²) in [6.07, 6.45) is 2.61. The van der Waals surface area contributed by atoms with Crippen molar-refractivity contribution in [1.82, 2.24) is 10.3 Å². The van der Waals surface area contributed by atoms with E-state index < -0.39 is 0 Å².